The summed E-state index contributed by atoms with van der Waals surface area (Å²) in [5.41, 5.74) is 1.79. The molecule has 0 N–H and O–H groups in total. The van der Waals surface area contributed by atoms with Gasteiger partial charge in [0, 0.05) is 10.6 Å². The zero-order valence-electron chi connectivity index (χ0n) is 11.7. The molecule has 2 aromatic rings. The van der Waals surface area contributed by atoms with Crippen LogP contribution in [0.25, 0.3) is 0 Å². The molecule has 1 unspecified atom stereocenters. The first-order valence-electron chi connectivity index (χ1n) is 6.77. The van der Waals surface area contributed by atoms with Gasteiger partial charge in [0.05, 0.1) is 0 Å². The van der Waals surface area contributed by atoms with Crippen LogP contribution in [0.1, 0.15) is 37.3 Å². The Kier molecular flexibility index (Phi) is 5.02. The number of hydrogen-bond donors (Lipinski definition) is 0. The van der Waals surface area contributed by atoms with E-state index in [1.165, 1.54) is 11.6 Å². The van der Waals surface area contributed by atoms with Crippen LogP contribution in [0.5, 0.6) is 5.75 Å². The van der Waals surface area contributed by atoms with Gasteiger partial charge in [-0.1, -0.05) is 43.6 Å². The van der Waals surface area contributed by atoms with Crippen LogP contribution in [0.3, 0.4) is 0 Å². The fraction of sp³-hybridized carbons (Fsp3) is 0.294. The largest absolute Gasteiger partial charge is 0.489 e. The van der Waals surface area contributed by atoms with Gasteiger partial charge in [0.1, 0.15) is 18.2 Å². The minimum absolute atomic E-state index is 0.200. The first kappa shape index (κ1) is 14.9. The van der Waals surface area contributed by atoms with E-state index in [2.05, 4.69) is 26.0 Å². The normalized spacial score (nSPS) is 12.2. The third-order valence-electron chi connectivity index (χ3n) is 3.47. The van der Waals surface area contributed by atoms with Crippen molar-refractivity contribution in [1.82, 2.24) is 0 Å². The Bertz CT molecular complexity index is 566. The zero-order valence-corrected chi connectivity index (χ0v) is 12.5. The van der Waals surface area contributed by atoms with Crippen molar-refractivity contribution in [2.45, 2.75) is 32.8 Å². The standard InChI is InChI=1S/C17H18ClFO/c1-3-12(2)13-5-8-16(9-6-13)20-11-14-4-7-15(18)10-17(14)19/h4-10,12H,3,11H2,1-2H3. The van der Waals surface area contributed by atoms with Crippen LogP contribution in [0, 0.1) is 5.82 Å². The van der Waals surface area contributed by atoms with E-state index < -0.39 is 0 Å². The quantitative estimate of drug-likeness (QED) is 0.700. The molecule has 0 saturated carbocycles. The Balaban J connectivity index is 2.00. The minimum Gasteiger partial charge on any atom is -0.489 e. The molecule has 2 aromatic carbocycles. The van der Waals surface area contributed by atoms with E-state index in [-0.39, 0.29) is 12.4 Å². The Morgan fingerprint density at radius 2 is 1.85 bits per heavy atom. The summed E-state index contributed by atoms with van der Waals surface area (Å²) in [6.07, 6.45) is 1.11. The lowest BCUT2D eigenvalue weighted by molar-refractivity contribution is 0.299. The molecule has 0 bridgehead atoms. The molecule has 0 spiro atoms. The van der Waals surface area contributed by atoms with Crippen molar-refractivity contribution in [2.75, 3.05) is 0 Å². The van der Waals surface area contributed by atoms with Crippen LogP contribution in [0.4, 0.5) is 4.39 Å². The van der Waals surface area contributed by atoms with Gasteiger partial charge >= 0.3 is 0 Å². The SMILES string of the molecule is CCC(C)c1ccc(OCc2ccc(Cl)cc2F)cc1. The molecule has 1 nitrogen and oxygen atoms in total. The summed E-state index contributed by atoms with van der Waals surface area (Å²) >= 11 is 5.71. The van der Waals surface area contributed by atoms with E-state index in [1.54, 1.807) is 12.1 Å². The number of halogens is 2. The molecular weight excluding hydrogens is 275 g/mol. The number of rotatable bonds is 5. The average molecular weight is 293 g/mol. The van der Waals surface area contributed by atoms with Crippen molar-refractivity contribution in [3.63, 3.8) is 0 Å². The number of ether oxygens (including phenoxy) is 1. The highest BCUT2D eigenvalue weighted by atomic mass is 35.5. The third-order valence-corrected chi connectivity index (χ3v) is 3.71. The maximum atomic E-state index is 13.6. The molecule has 106 valence electrons. The minimum atomic E-state index is -0.339. The first-order chi connectivity index (χ1) is 9.60. The Morgan fingerprint density at radius 3 is 2.45 bits per heavy atom. The predicted octanol–water partition coefficient (Wildman–Crippen LogP) is 5.57. The van der Waals surface area contributed by atoms with Crippen LogP contribution >= 0.6 is 11.6 Å². The maximum absolute atomic E-state index is 13.6. The van der Waals surface area contributed by atoms with Crippen molar-refractivity contribution in [1.29, 1.82) is 0 Å². The van der Waals surface area contributed by atoms with Gasteiger partial charge in [-0.15, -0.1) is 0 Å². The van der Waals surface area contributed by atoms with Crippen molar-refractivity contribution >= 4 is 11.6 Å². The fourth-order valence-corrected chi connectivity index (χ4v) is 2.09. The van der Waals surface area contributed by atoms with E-state index in [9.17, 15) is 4.39 Å². The van der Waals surface area contributed by atoms with Gasteiger partial charge in [0.15, 0.2) is 0 Å². The number of hydrogen-bond acceptors (Lipinski definition) is 1. The summed E-state index contributed by atoms with van der Waals surface area (Å²) in [7, 11) is 0. The van der Waals surface area contributed by atoms with Crippen molar-refractivity contribution in [3.8, 4) is 5.75 Å². The smallest absolute Gasteiger partial charge is 0.131 e. The molecule has 0 aliphatic carbocycles. The second-order valence-corrected chi connectivity index (χ2v) is 5.34. The molecule has 0 aromatic heterocycles. The summed E-state index contributed by atoms with van der Waals surface area (Å²) in [5, 5.41) is 0.393. The van der Waals surface area contributed by atoms with Crippen LogP contribution in [0.2, 0.25) is 5.02 Å². The summed E-state index contributed by atoms with van der Waals surface area (Å²) < 4.78 is 19.2. The lowest BCUT2D eigenvalue weighted by Gasteiger charge is -2.11. The van der Waals surface area contributed by atoms with E-state index in [0.717, 1.165) is 12.2 Å². The zero-order chi connectivity index (χ0) is 14.5. The third kappa shape index (κ3) is 3.73. The molecule has 0 heterocycles. The Hall–Kier alpha value is -1.54. The van der Waals surface area contributed by atoms with Gasteiger partial charge < -0.3 is 4.74 Å². The summed E-state index contributed by atoms with van der Waals surface area (Å²) in [6, 6.07) is 12.6. The summed E-state index contributed by atoms with van der Waals surface area (Å²) in [4.78, 5) is 0. The molecule has 2 rings (SSSR count). The van der Waals surface area contributed by atoms with Crippen molar-refractivity contribution in [3.05, 3.63) is 64.4 Å². The van der Waals surface area contributed by atoms with Crippen LogP contribution in [-0.4, -0.2) is 0 Å². The van der Waals surface area contributed by atoms with Crippen molar-refractivity contribution in [2.24, 2.45) is 0 Å². The molecule has 1 atom stereocenters. The van der Waals surface area contributed by atoms with Gasteiger partial charge in [-0.25, -0.2) is 4.39 Å². The summed E-state index contributed by atoms with van der Waals surface area (Å²) in [5.74, 6) is 0.942. The topological polar surface area (TPSA) is 9.23 Å². The second-order valence-electron chi connectivity index (χ2n) is 4.90. The molecule has 0 amide bonds. The molecule has 0 radical (unpaired) electrons. The molecular formula is C17H18ClFO. The highest BCUT2D eigenvalue weighted by Crippen LogP contribution is 2.22. The molecule has 0 saturated heterocycles. The van der Waals surface area contributed by atoms with Crippen LogP contribution in [-0.2, 0) is 6.61 Å². The van der Waals surface area contributed by atoms with Gasteiger partial charge in [-0.2, -0.15) is 0 Å². The molecule has 0 aliphatic heterocycles. The average Bonchev–Trinajstić information content (AvgIpc) is 2.46. The van der Waals surface area contributed by atoms with E-state index >= 15 is 0 Å². The van der Waals surface area contributed by atoms with Gasteiger partial charge in [0.2, 0.25) is 0 Å². The monoisotopic (exact) mass is 292 g/mol. The molecule has 0 aliphatic rings. The summed E-state index contributed by atoms with van der Waals surface area (Å²) in [6.45, 7) is 4.56. The molecule has 3 heteroatoms. The number of benzene rings is 2. The lowest BCUT2D eigenvalue weighted by Crippen LogP contribution is -1.99. The van der Waals surface area contributed by atoms with E-state index in [1.807, 2.05) is 12.1 Å². The molecule has 0 fully saturated rings. The highest BCUT2D eigenvalue weighted by molar-refractivity contribution is 6.30. The second kappa shape index (κ2) is 6.76. The van der Waals surface area contributed by atoms with Crippen LogP contribution < -0.4 is 4.74 Å². The molecule has 20 heavy (non-hydrogen) atoms. The van der Waals surface area contributed by atoms with Gasteiger partial charge in [-0.3, -0.25) is 0 Å². The fourth-order valence-electron chi connectivity index (χ4n) is 1.93. The van der Waals surface area contributed by atoms with E-state index in [4.69, 9.17) is 16.3 Å². The predicted molar refractivity (Wildman–Crippen MR) is 80.9 cm³/mol. The lowest BCUT2D eigenvalue weighted by atomic mass is 9.99. The first-order valence-corrected chi connectivity index (χ1v) is 7.14. The van der Waals surface area contributed by atoms with Gasteiger partial charge in [0.25, 0.3) is 0 Å². The Morgan fingerprint density at radius 1 is 1.15 bits per heavy atom. The Labute approximate surface area is 124 Å². The van der Waals surface area contributed by atoms with Crippen LogP contribution in [0.15, 0.2) is 42.5 Å². The van der Waals surface area contributed by atoms with E-state index in [0.29, 0.717) is 16.5 Å². The maximum Gasteiger partial charge on any atom is 0.131 e. The van der Waals surface area contributed by atoms with Crippen molar-refractivity contribution < 1.29 is 9.13 Å². The van der Waals surface area contributed by atoms with Gasteiger partial charge in [-0.05, 0) is 42.2 Å². The highest BCUT2D eigenvalue weighted by Gasteiger charge is 2.05.